The van der Waals surface area contributed by atoms with Crippen LogP contribution in [-0.2, 0) is 0 Å². The summed E-state index contributed by atoms with van der Waals surface area (Å²) in [6.45, 7) is 0.645. The number of rotatable bonds is 5. The van der Waals surface area contributed by atoms with Gasteiger partial charge in [-0.05, 0) is 53.5 Å². The van der Waals surface area contributed by atoms with Crippen molar-refractivity contribution in [2.75, 3.05) is 20.7 Å². The zero-order chi connectivity index (χ0) is 14.5. The number of hydrogen-bond donors (Lipinski definition) is 1. The second kappa shape index (κ2) is 7.43. The van der Waals surface area contributed by atoms with Crippen LogP contribution in [0.5, 0.6) is 5.75 Å². The zero-order valence-electron chi connectivity index (χ0n) is 12.4. The van der Waals surface area contributed by atoms with E-state index in [1.165, 1.54) is 37.7 Å². The second-order valence-electron chi connectivity index (χ2n) is 5.60. The molecule has 0 radical (unpaired) electrons. The number of nitrogens with two attached hydrogens (primary N) is 1. The Balaban J connectivity index is 2.16. The molecule has 0 amide bonds. The maximum atomic E-state index is 6.04. The molecule has 1 unspecified atom stereocenters. The average molecular weight is 341 g/mol. The van der Waals surface area contributed by atoms with Crippen molar-refractivity contribution in [3.05, 3.63) is 28.2 Å². The number of ether oxygens (including phenoxy) is 1. The number of benzene rings is 1. The third-order valence-electron chi connectivity index (χ3n) is 4.43. The summed E-state index contributed by atoms with van der Waals surface area (Å²) in [6, 6.07) is 7.21. The minimum absolute atomic E-state index is 0.278. The van der Waals surface area contributed by atoms with Crippen LogP contribution in [0.2, 0.25) is 0 Å². The van der Waals surface area contributed by atoms with E-state index < -0.39 is 0 Å². The van der Waals surface area contributed by atoms with Gasteiger partial charge in [0.25, 0.3) is 0 Å². The molecule has 0 saturated heterocycles. The van der Waals surface area contributed by atoms with Gasteiger partial charge in [0.05, 0.1) is 11.6 Å². The topological polar surface area (TPSA) is 38.5 Å². The Labute approximate surface area is 130 Å². The first-order chi connectivity index (χ1) is 9.67. The van der Waals surface area contributed by atoms with E-state index in [9.17, 15) is 0 Å². The summed E-state index contributed by atoms with van der Waals surface area (Å²) in [6.07, 6.45) is 6.66. The molecule has 2 N–H and O–H groups in total. The highest BCUT2D eigenvalue weighted by Gasteiger charge is 2.25. The van der Waals surface area contributed by atoms with E-state index in [-0.39, 0.29) is 6.04 Å². The quantitative estimate of drug-likeness (QED) is 0.887. The molecule has 20 heavy (non-hydrogen) atoms. The van der Waals surface area contributed by atoms with Crippen LogP contribution in [0.1, 0.15) is 43.7 Å². The Morgan fingerprint density at radius 2 is 2.05 bits per heavy atom. The number of likely N-dealkylation sites (N-methyl/N-ethyl adjacent to an activating group) is 1. The molecule has 1 saturated carbocycles. The fourth-order valence-corrected chi connectivity index (χ4v) is 3.73. The van der Waals surface area contributed by atoms with Gasteiger partial charge in [-0.3, -0.25) is 4.90 Å². The molecule has 4 heteroatoms. The summed E-state index contributed by atoms with van der Waals surface area (Å²) in [5, 5.41) is 0. The van der Waals surface area contributed by atoms with Crippen molar-refractivity contribution in [3.63, 3.8) is 0 Å². The van der Waals surface area contributed by atoms with E-state index in [0.29, 0.717) is 12.6 Å². The first kappa shape index (κ1) is 15.8. The third-order valence-corrected chi connectivity index (χ3v) is 5.05. The van der Waals surface area contributed by atoms with Crippen LogP contribution in [0.25, 0.3) is 0 Å². The molecule has 0 heterocycles. The Kier molecular flexibility index (Phi) is 5.87. The van der Waals surface area contributed by atoms with Gasteiger partial charge in [0.1, 0.15) is 5.75 Å². The van der Waals surface area contributed by atoms with Crippen molar-refractivity contribution in [1.29, 1.82) is 0 Å². The molecule has 1 fully saturated rings. The first-order valence-electron chi connectivity index (χ1n) is 7.42. The Morgan fingerprint density at radius 1 is 1.35 bits per heavy atom. The average Bonchev–Trinajstić information content (AvgIpc) is 2.49. The summed E-state index contributed by atoms with van der Waals surface area (Å²) >= 11 is 3.57. The van der Waals surface area contributed by atoms with Crippen LogP contribution < -0.4 is 10.5 Å². The number of nitrogens with zero attached hydrogens (tertiary/aromatic N) is 1. The lowest BCUT2D eigenvalue weighted by Gasteiger charge is -2.37. The molecule has 1 aromatic rings. The lowest BCUT2D eigenvalue weighted by molar-refractivity contribution is 0.140. The molecule has 2 rings (SSSR count). The molecular weight excluding hydrogens is 316 g/mol. The van der Waals surface area contributed by atoms with E-state index in [0.717, 1.165) is 10.2 Å². The first-order valence-corrected chi connectivity index (χ1v) is 8.22. The van der Waals surface area contributed by atoms with Crippen molar-refractivity contribution < 1.29 is 4.74 Å². The van der Waals surface area contributed by atoms with Crippen LogP contribution >= 0.6 is 15.9 Å². The minimum Gasteiger partial charge on any atom is -0.496 e. The van der Waals surface area contributed by atoms with Crippen LogP contribution in [0.4, 0.5) is 0 Å². The van der Waals surface area contributed by atoms with Gasteiger partial charge in [0.2, 0.25) is 0 Å². The summed E-state index contributed by atoms with van der Waals surface area (Å²) in [5.74, 6) is 0.866. The van der Waals surface area contributed by atoms with Crippen LogP contribution in [0.15, 0.2) is 22.7 Å². The number of hydrogen-bond acceptors (Lipinski definition) is 3. The van der Waals surface area contributed by atoms with Crippen molar-refractivity contribution in [2.45, 2.75) is 44.2 Å². The standard InChI is InChI=1S/C16H25BrN2O/c1-19(13-6-4-3-5-7-13)15(11-18)12-8-9-16(20-2)14(17)10-12/h8-10,13,15H,3-7,11,18H2,1-2H3. The van der Waals surface area contributed by atoms with E-state index >= 15 is 0 Å². The second-order valence-corrected chi connectivity index (χ2v) is 6.46. The minimum atomic E-state index is 0.278. The molecule has 3 nitrogen and oxygen atoms in total. The molecule has 0 spiro atoms. The van der Waals surface area contributed by atoms with Gasteiger partial charge in [-0.25, -0.2) is 0 Å². The van der Waals surface area contributed by atoms with Gasteiger partial charge in [-0.2, -0.15) is 0 Å². The Hall–Kier alpha value is -0.580. The van der Waals surface area contributed by atoms with Gasteiger partial charge in [0.15, 0.2) is 0 Å². The van der Waals surface area contributed by atoms with Crippen LogP contribution in [0.3, 0.4) is 0 Å². The van der Waals surface area contributed by atoms with Gasteiger partial charge in [-0.1, -0.05) is 25.3 Å². The van der Waals surface area contributed by atoms with Crippen LogP contribution in [-0.4, -0.2) is 31.6 Å². The fourth-order valence-electron chi connectivity index (χ4n) is 3.17. The number of halogens is 1. The summed E-state index contributed by atoms with van der Waals surface area (Å²) in [4.78, 5) is 2.47. The van der Waals surface area contributed by atoms with Crippen LogP contribution in [0, 0.1) is 0 Å². The smallest absolute Gasteiger partial charge is 0.133 e. The molecule has 0 aliphatic heterocycles. The van der Waals surface area contributed by atoms with Gasteiger partial charge < -0.3 is 10.5 Å². The molecule has 112 valence electrons. The van der Waals surface area contributed by atoms with E-state index in [2.05, 4.69) is 40.0 Å². The SMILES string of the molecule is COc1ccc(C(CN)N(C)C2CCCCC2)cc1Br. The predicted octanol–water partition coefficient (Wildman–Crippen LogP) is 3.72. The van der Waals surface area contributed by atoms with Crippen molar-refractivity contribution >= 4 is 15.9 Å². The molecule has 1 aromatic carbocycles. The summed E-state index contributed by atoms with van der Waals surface area (Å²) in [7, 11) is 3.90. The monoisotopic (exact) mass is 340 g/mol. The normalized spacial score (nSPS) is 18.2. The van der Waals surface area contributed by atoms with Crippen molar-refractivity contribution in [2.24, 2.45) is 5.73 Å². The Bertz CT molecular complexity index is 432. The largest absolute Gasteiger partial charge is 0.496 e. The number of methoxy groups -OCH3 is 1. The van der Waals surface area contributed by atoms with Gasteiger partial charge in [-0.15, -0.1) is 0 Å². The highest BCUT2D eigenvalue weighted by Crippen LogP contribution is 2.32. The highest BCUT2D eigenvalue weighted by atomic mass is 79.9. The summed E-state index contributed by atoms with van der Waals surface area (Å²) < 4.78 is 6.29. The third kappa shape index (κ3) is 3.54. The maximum Gasteiger partial charge on any atom is 0.133 e. The summed E-state index contributed by atoms with van der Waals surface area (Å²) in [5.41, 5.74) is 7.30. The van der Waals surface area contributed by atoms with E-state index in [1.807, 2.05) is 6.07 Å². The molecule has 1 atom stereocenters. The Morgan fingerprint density at radius 3 is 2.60 bits per heavy atom. The van der Waals surface area contributed by atoms with Gasteiger partial charge >= 0.3 is 0 Å². The predicted molar refractivity (Wildman–Crippen MR) is 87.1 cm³/mol. The highest BCUT2D eigenvalue weighted by molar-refractivity contribution is 9.10. The maximum absolute atomic E-state index is 6.04. The molecule has 0 bridgehead atoms. The molecule has 1 aliphatic carbocycles. The lowest BCUT2D eigenvalue weighted by Crippen LogP contribution is -2.39. The van der Waals surface area contributed by atoms with E-state index in [1.54, 1.807) is 7.11 Å². The lowest BCUT2D eigenvalue weighted by atomic mass is 9.92. The van der Waals surface area contributed by atoms with Gasteiger partial charge in [0, 0.05) is 18.6 Å². The molecular formula is C16H25BrN2O. The zero-order valence-corrected chi connectivity index (χ0v) is 14.0. The van der Waals surface area contributed by atoms with Crippen molar-refractivity contribution in [1.82, 2.24) is 4.90 Å². The van der Waals surface area contributed by atoms with Crippen molar-refractivity contribution in [3.8, 4) is 5.75 Å². The fraction of sp³-hybridized carbons (Fsp3) is 0.625. The molecule has 0 aromatic heterocycles. The van der Waals surface area contributed by atoms with E-state index in [4.69, 9.17) is 10.5 Å². The molecule has 1 aliphatic rings.